The average molecular weight is 349 g/mol. The van der Waals surface area contributed by atoms with E-state index in [1.165, 1.54) is 0 Å². The number of nitrogens with one attached hydrogen (secondary N) is 1. The molecule has 0 bridgehead atoms. The van der Waals surface area contributed by atoms with E-state index in [2.05, 4.69) is 5.32 Å². The number of amides is 2. The van der Waals surface area contributed by atoms with Gasteiger partial charge in [0.2, 0.25) is 11.8 Å². The Morgan fingerprint density at radius 3 is 2.69 bits per heavy atom. The van der Waals surface area contributed by atoms with Gasteiger partial charge < -0.3 is 15.0 Å². The van der Waals surface area contributed by atoms with Crippen LogP contribution in [0.3, 0.4) is 0 Å². The highest BCUT2D eigenvalue weighted by Gasteiger charge is 2.36. The summed E-state index contributed by atoms with van der Waals surface area (Å²) in [4.78, 5) is 26.6. The van der Waals surface area contributed by atoms with Crippen molar-refractivity contribution in [3.63, 3.8) is 0 Å². The Balaban J connectivity index is 1.71. The Morgan fingerprint density at radius 1 is 1.27 bits per heavy atom. The lowest BCUT2D eigenvalue weighted by Crippen LogP contribution is -2.28. The summed E-state index contributed by atoms with van der Waals surface area (Å²) in [5, 5.41) is 11.6. The summed E-state index contributed by atoms with van der Waals surface area (Å²) in [5.41, 5.74) is 1.82. The van der Waals surface area contributed by atoms with Crippen LogP contribution >= 0.6 is 0 Å². The molecular weight excluding hydrogens is 330 g/mol. The highest BCUT2D eigenvalue weighted by molar-refractivity contribution is 6.04. The molecule has 1 fully saturated rings. The zero-order valence-electron chi connectivity index (χ0n) is 14.4. The molecule has 26 heavy (non-hydrogen) atoms. The Kier molecular flexibility index (Phi) is 5.18. The van der Waals surface area contributed by atoms with Crippen molar-refractivity contribution in [2.45, 2.75) is 13.3 Å². The standard InChI is InChI=1S/C20H19N3O3/c1-2-26-18-6-4-3-5-17(18)23-13-15(11-19(23)24)20(25)22-16-9-7-14(12-21)8-10-16/h3-10,15H,2,11,13H2,1H3,(H,22,25)/t15-/m0/s1. The number of rotatable bonds is 5. The number of anilines is 2. The first kappa shape index (κ1) is 17.5. The molecular formula is C20H19N3O3. The fraction of sp³-hybridized carbons (Fsp3) is 0.250. The lowest BCUT2D eigenvalue weighted by Gasteiger charge is -2.20. The van der Waals surface area contributed by atoms with Crippen LogP contribution in [-0.4, -0.2) is 25.0 Å². The molecule has 1 aliphatic rings. The van der Waals surface area contributed by atoms with Crippen LogP contribution in [0.4, 0.5) is 11.4 Å². The Bertz CT molecular complexity index is 855. The zero-order chi connectivity index (χ0) is 18.5. The van der Waals surface area contributed by atoms with Crippen LogP contribution < -0.4 is 15.0 Å². The third kappa shape index (κ3) is 3.67. The normalized spacial score (nSPS) is 16.2. The largest absolute Gasteiger partial charge is 0.492 e. The summed E-state index contributed by atoms with van der Waals surface area (Å²) >= 11 is 0. The molecule has 1 aliphatic heterocycles. The molecule has 0 unspecified atom stereocenters. The molecule has 3 rings (SSSR count). The molecule has 1 atom stereocenters. The van der Waals surface area contributed by atoms with Crippen molar-refractivity contribution in [3.05, 3.63) is 54.1 Å². The highest BCUT2D eigenvalue weighted by Crippen LogP contribution is 2.33. The van der Waals surface area contributed by atoms with Crippen molar-refractivity contribution in [2.75, 3.05) is 23.4 Å². The predicted octanol–water partition coefficient (Wildman–Crippen LogP) is 2.95. The van der Waals surface area contributed by atoms with Crippen LogP contribution in [0.5, 0.6) is 5.75 Å². The number of benzene rings is 2. The first-order valence-corrected chi connectivity index (χ1v) is 8.45. The summed E-state index contributed by atoms with van der Waals surface area (Å²) in [6, 6.07) is 16.0. The first-order valence-electron chi connectivity index (χ1n) is 8.45. The van der Waals surface area contributed by atoms with Crippen molar-refractivity contribution in [2.24, 2.45) is 5.92 Å². The molecule has 1 saturated heterocycles. The van der Waals surface area contributed by atoms with E-state index in [0.717, 1.165) is 0 Å². The zero-order valence-corrected chi connectivity index (χ0v) is 14.4. The van der Waals surface area contributed by atoms with E-state index < -0.39 is 5.92 Å². The van der Waals surface area contributed by atoms with Gasteiger partial charge in [-0.25, -0.2) is 0 Å². The second kappa shape index (κ2) is 7.70. The monoisotopic (exact) mass is 349 g/mol. The maximum absolute atomic E-state index is 12.5. The van der Waals surface area contributed by atoms with Gasteiger partial charge in [0.1, 0.15) is 5.75 Å². The number of nitrogens with zero attached hydrogens (tertiary/aromatic N) is 2. The first-order chi connectivity index (χ1) is 12.6. The molecule has 0 aliphatic carbocycles. The fourth-order valence-electron chi connectivity index (χ4n) is 2.95. The number of hydrogen-bond donors (Lipinski definition) is 1. The summed E-state index contributed by atoms with van der Waals surface area (Å²) < 4.78 is 5.59. The van der Waals surface area contributed by atoms with Crippen molar-refractivity contribution in [1.29, 1.82) is 5.26 Å². The highest BCUT2D eigenvalue weighted by atomic mass is 16.5. The molecule has 1 heterocycles. The van der Waals surface area contributed by atoms with Gasteiger partial charge in [-0.1, -0.05) is 12.1 Å². The number of carbonyl (C=O) groups is 2. The topological polar surface area (TPSA) is 82.4 Å². The van der Waals surface area contributed by atoms with Crippen molar-refractivity contribution >= 4 is 23.2 Å². The van der Waals surface area contributed by atoms with Gasteiger partial charge in [-0.2, -0.15) is 5.26 Å². The maximum atomic E-state index is 12.5. The molecule has 0 aromatic heterocycles. The van der Waals surface area contributed by atoms with Crippen LogP contribution in [-0.2, 0) is 9.59 Å². The maximum Gasteiger partial charge on any atom is 0.229 e. The SMILES string of the molecule is CCOc1ccccc1N1C[C@@H](C(=O)Nc2ccc(C#N)cc2)CC1=O. The van der Waals surface area contributed by atoms with Crippen LogP contribution in [0.25, 0.3) is 0 Å². The minimum atomic E-state index is -0.437. The lowest BCUT2D eigenvalue weighted by molar-refractivity contribution is -0.122. The third-order valence-corrected chi connectivity index (χ3v) is 4.23. The van der Waals surface area contributed by atoms with Crippen LogP contribution in [0.15, 0.2) is 48.5 Å². The van der Waals surface area contributed by atoms with E-state index in [0.29, 0.717) is 35.8 Å². The molecule has 0 saturated carbocycles. The number of para-hydroxylation sites is 2. The van der Waals surface area contributed by atoms with Gasteiger partial charge in [-0.3, -0.25) is 9.59 Å². The number of nitriles is 1. The molecule has 1 N–H and O–H groups in total. The molecule has 0 radical (unpaired) electrons. The average Bonchev–Trinajstić information content (AvgIpc) is 3.05. The molecule has 2 amide bonds. The van der Waals surface area contributed by atoms with Crippen LogP contribution in [0.1, 0.15) is 18.9 Å². The summed E-state index contributed by atoms with van der Waals surface area (Å²) in [6.45, 7) is 2.70. The van der Waals surface area contributed by atoms with E-state index in [1.54, 1.807) is 29.2 Å². The molecule has 6 heteroatoms. The van der Waals surface area contributed by atoms with Gasteiger partial charge in [0, 0.05) is 18.7 Å². The van der Waals surface area contributed by atoms with E-state index >= 15 is 0 Å². The molecule has 132 valence electrons. The van der Waals surface area contributed by atoms with Gasteiger partial charge in [-0.05, 0) is 43.3 Å². The van der Waals surface area contributed by atoms with Gasteiger partial charge in [0.05, 0.1) is 29.8 Å². The fourth-order valence-corrected chi connectivity index (χ4v) is 2.95. The van der Waals surface area contributed by atoms with Crippen molar-refractivity contribution in [1.82, 2.24) is 0 Å². The number of hydrogen-bond acceptors (Lipinski definition) is 4. The molecule has 2 aromatic rings. The lowest BCUT2D eigenvalue weighted by atomic mass is 10.1. The number of carbonyl (C=O) groups excluding carboxylic acids is 2. The molecule has 6 nitrogen and oxygen atoms in total. The minimum absolute atomic E-state index is 0.0999. The summed E-state index contributed by atoms with van der Waals surface area (Å²) in [7, 11) is 0. The quantitative estimate of drug-likeness (QED) is 0.900. The van der Waals surface area contributed by atoms with E-state index in [-0.39, 0.29) is 18.2 Å². The Morgan fingerprint density at radius 2 is 2.00 bits per heavy atom. The smallest absolute Gasteiger partial charge is 0.229 e. The van der Waals surface area contributed by atoms with Crippen LogP contribution in [0.2, 0.25) is 0 Å². The third-order valence-electron chi connectivity index (χ3n) is 4.23. The molecule has 0 spiro atoms. The van der Waals surface area contributed by atoms with Gasteiger partial charge in [0.25, 0.3) is 0 Å². The van der Waals surface area contributed by atoms with Crippen LogP contribution in [0, 0.1) is 17.2 Å². The predicted molar refractivity (Wildman–Crippen MR) is 97.9 cm³/mol. The van der Waals surface area contributed by atoms with Gasteiger partial charge in [-0.15, -0.1) is 0 Å². The molecule has 2 aromatic carbocycles. The van der Waals surface area contributed by atoms with E-state index in [1.807, 2.05) is 37.3 Å². The van der Waals surface area contributed by atoms with E-state index in [9.17, 15) is 9.59 Å². The second-order valence-corrected chi connectivity index (χ2v) is 5.98. The minimum Gasteiger partial charge on any atom is -0.492 e. The van der Waals surface area contributed by atoms with Crippen molar-refractivity contribution in [3.8, 4) is 11.8 Å². The Hall–Kier alpha value is -3.33. The summed E-state index contributed by atoms with van der Waals surface area (Å²) in [5.74, 6) is -0.110. The summed E-state index contributed by atoms with van der Waals surface area (Å²) in [6.07, 6.45) is 0.155. The number of ether oxygens (including phenoxy) is 1. The van der Waals surface area contributed by atoms with Crippen molar-refractivity contribution < 1.29 is 14.3 Å². The van der Waals surface area contributed by atoms with Gasteiger partial charge in [0.15, 0.2) is 0 Å². The van der Waals surface area contributed by atoms with Gasteiger partial charge >= 0.3 is 0 Å². The van der Waals surface area contributed by atoms with E-state index in [4.69, 9.17) is 10.00 Å². The Labute approximate surface area is 152 Å². The second-order valence-electron chi connectivity index (χ2n) is 5.98.